The maximum Gasteiger partial charge on any atom is 0.222 e. The molecule has 6 nitrogen and oxygen atoms in total. The second-order valence-corrected chi connectivity index (χ2v) is 3.46. The minimum absolute atomic E-state index is 0.0202. The van der Waals surface area contributed by atoms with Crippen LogP contribution in [0.3, 0.4) is 0 Å². The molecule has 0 aliphatic carbocycles. The fourth-order valence-corrected chi connectivity index (χ4v) is 1.24. The van der Waals surface area contributed by atoms with Crippen molar-refractivity contribution in [1.29, 1.82) is 0 Å². The predicted octanol–water partition coefficient (Wildman–Crippen LogP) is 0.650. The lowest BCUT2D eigenvalue weighted by molar-refractivity contribution is -0.120. The van der Waals surface area contributed by atoms with Gasteiger partial charge in [0.25, 0.3) is 0 Å². The van der Waals surface area contributed by atoms with Crippen molar-refractivity contribution < 1.29 is 4.79 Å². The smallest absolute Gasteiger partial charge is 0.222 e. The van der Waals surface area contributed by atoms with E-state index in [9.17, 15) is 4.79 Å². The molecule has 0 aromatic carbocycles. The van der Waals surface area contributed by atoms with Gasteiger partial charge in [-0.3, -0.25) is 4.79 Å². The third kappa shape index (κ3) is 3.90. The van der Waals surface area contributed by atoms with E-state index in [1.165, 1.54) is 6.20 Å². The van der Waals surface area contributed by atoms with E-state index in [2.05, 4.69) is 20.6 Å². The van der Waals surface area contributed by atoms with E-state index < -0.39 is 0 Å². The number of hydrogen-bond donors (Lipinski definition) is 3. The Morgan fingerprint density at radius 2 is 2.38 bits per heavy atom. The van der Waals surface area contributed by atoms with Crippen LogP contribution in [0.4, 0.5) is 11.8 Å². The van der Waals surface area contributed by atoms with Crippen LogP contribution in [0.25, 0.3) is 0 Å². The van der Waals surface area contributed by atoms with Gasteiger partial charge in [-0.15, -0.1) is 0 Å². The first-order valence-electron chi connectivity index (χ1n) is 4.92. The molecule has 0 aliphatic rings. The Balaban J connectivity index is 2.42. The highest BCUT2D eigenvalue weighted by molar-refractivity contribution is 6.32. The van der Waals surface area contributed by atoms with Crippen LogP contribution >= 0.6 is 11.6 Å². The first-order chi connectivity index (χ1) is 7.63. The number of halogens is 1. The van der Waals surface area contributed by atoms with E-state index in [1.807, 2.05) is 6.92 Å². The molecule has 0 atom stereocenters. The molecule has 0 fully saturated rings. The molecule has 0 aliphatic heterocycles. The second-order valence-electron chi connectivity index (χ2n) is 3.06. The number of hydrogen-bond acceptors (Lipinski definition) is 5. The second kappa shape index (κ2) is 6.12. The van der Waals surface area contributed by atoms with Crippen LogP contribution < -0.4 is 16.4 Å². The standard InChI is InChI=1S/C9H14ClN5O/c1-2-12-7(16)3-4-13-8-6(10)5-14-9(11)15-8/h5H,2-4H2,1H3,(H,12,16)(H3,11,13,14,15). The maximum absolute atomic E-state index is 11.1. The lowest BCUT2D eigenvalue weighted by atomic mass is 10.4. The number of carbonyl (C=O) groups excluding carboxylic acids is 1. The molecule has 0 saturated carbocycles. The number of rotatable bonds is 5. The zero-order valence-corrected chi connectivity index (χ0v) is 9.71. The predicted molar refractivity (Wildman–Crippen MR) is 63.2 cm³/mol. The number of nitrogens with zero attached hydrogens (tertiary/aromatic N) is 2. The van der Waals surface area contributed by atoms with Crippen LogP contribution in [0.15, 0.2) is 6.20 Å². The van der Waals surface area contributed by atoms with Gasteiger partial charge in [0.15, 0.2) is 0 Å². The lowest BCUT2D eigenvalue weighted by Gasteiger charge is -2.07. The molecule has 1 aromatic rings. The molecule has 1 heterocycles. The van der Waals surface area contributed by atoms with Gasteiger partial charge in [0.1, 0.15) is 10.8 Å². The van der Waals surface area contributed by atoms with Crippen LogP contribution in [0.1, 0.15) is 13.3 Å². The number of aromatic nitrogens is 2. The largest absolute Gasteiger partial charge is 0.368 e. The highest BCUT2D eigenvalue weighted by Gasteiger charge is 2.04. The van der Waals surface area contributed by atoms with Crippen molar-refractivity contribution in [2.75, 3.05) is 24.1 Å². The topological polar surface area (TPSA) is 92.9 Å². The van der Waals surface area contributed by atoms with Gasteiger partial charge in [-0.25, -0.2) is 4.98 Å². The molecule has 0 unspecified atom stereocenters. The van der Waals surface area contributed by atoms with Crippen LogP contribution in [0.2, 0.25) is 5.02 Å². The quantitative estimate of drug-likeness (QED) is 0.706. The third-order valence-corrected chi connectivity index (χ3v) is 2.06. The van der Waals surface area contributed by atoms with E-state index in [-0.39, 0.29) is 11.9 Å². The molecular weight excluding hydrogens is 230 g/mol. The van der Waals surface area contributed by atoms with E-state index in [4.69, 9.17) is 17.3 Å². The van der Waals surface area contributed by atoms with E-state index in [0.29, 0.717) is 30.4 Å². The van der Waals surface area contributed by atoms with Gasteiger partial charge in [-0.2, -0.15) is 4.98 Å². The summed E-state index contributed by atoms with van der Waals surface area (Å²) in [4.78, 5) is 18.8. The van der Waals surface area contributed by atoms with Crippen LogP contribution in [-0.2, 0) is 4.79 Å². The van der Waals surface area contributed by atoms with Crippen molar-refractivity contribution in [3.63, 3.8) is 0 Å². The number of nitrogens with two attached hydrogens (primary N) is 1. The Bertz CT molecular complexity index is 371. The molecule has 0 bridgehead atoms. The monoisotopic (exact) mass is 243 g/mol. The Morgan fingerprint density at radius 1 is 1.62 bits per heavy atom. The van der Waals surface area contributed by atoms with E-state index in [0.717, 1.165) is 0 Å². The Kier molecular flexibility index (Phi) is 4.78. The van der Waals surface area contributed by atoms with Crippen molar-refractivity contribution in [2.24, 2.45) is 0 Å². The molecular formula is C9H14ClN5O. The van der Waals surface area contributed by atoms with Gasteiger partial charge in [-0.05, 0) is 6.92 Å². The summed E-state index contributed by atoms with van der Waals surface area (Å²) in [6.45, 7) is 2.94. The minimum atomic E-state index is -0.0202. The molecule has 1 amide bonds. The van der Waals surface area contributed by atoms with Crippen molar-refractivity contribution in [3.05, 3.63) is 11.2 Å². The average Bonchev–Trinajstić information content (AvgIpc) is 2.23. The van der Waals surface area contributed by atoms with Crippen molar-refractivity contribution >= 4 is 29.3 Å². The number of anilines is 2. The SMILES string of the molecule is CCNC(=O)CCNc1nc(N)ncc1Cl. The lowest BCUT2D eigenvalue weighted by Crippen LogP contribution is -2.24. The van der Waals surface area contributed by atoms with Gasteiger partial charge in [0.2, 0.25) is 11.9 Å². The summed E-state index contributed by atoms with van der Waals surface area (Å²) in [5.74, 6) is 0.566. The van der Waals surface area contributed by atoms with Crippen LogP contribution in [0.5, 0.6) is 0 Å². The first-order valence-corrected chi connectivity index (χ1v) is 5.30. The van der Waals surface area contributed by atoms with Crippen molar-refractivity contribution in [2.45, 2.75) is 13.3 Å². The summed E-state index contributed by atoms with van der Waals surface area (Å²) in [5.41, 5.74) is 5.41. The summed E-state index contributed by atoms with van der Waals surface area (Å²) in [6.07, 6.45) is 1.77. The minimum Gasteiger partial charge on any atom is -0.368 e. The zero-order valence-electron chi connectivity index (χ0n) is 8.96. The van der Waals surface area contributed by atoms with E-state index >= 15 is 0 Å². The Labute approximate surface area is 98.6 Å². The fourth-order valence-electron chi connectivity index (χ4n) is 1.08. The number of carbonyl (C=O) groups is 1. The molecule has 7 heteroatoms. The number of nitrogen functional groups attached to an aromatic ring is 1. The first kappa shape index (κ1) is 12.5. The Morgan fingerprint density at radius 3 is 3.06 bits per heavy atom. The highest BCUT2D eigenvalue weighted by atomic mass is 35.5. The van der Waals surface area contributed by atoms with Crippen molar-refractivity contribution in [3.8, 4) is 0 Å². The third-order valence-electron chi connectivity index (χ3n) is 1.78. The van der Waals surface area contributed by atoms with Gasteiger partial charge in [0.05, 0.1) is 6.20 Å². The van der Waals surface area contributed by atoms with Gasteiger partial charge < -0.3 is 16.4 Å². The maximum atomic E-state index is 11.1. The van der Waals surface area contributed by atoms with Crippen molar-refractivity contribution in [1.82, 2.24) is 15.3 Å². The molecule has 0 radical (unpaired) electrons. The number of nitrogens with one attached hydrogen (secondary N) is 2. The summed E-state index contributed by atoms with van der Waals surface area (Å²) in [5, 5.41) is 5.99. The van der Waals surface area contributed by atoms with Gasteiger partial charge in [0, 0.05) is 19.5 Å². The normalized spacial score (nSPS) is 9.88. The molecule has 16 heavy (non-hydrogen) atoms. The Hall–Kier alpha value is -1.56. The van der Waals surface area contributed by atoms with Gasteiger partial charge >= 0.3 is 0 Å². The van der Waals surface area contributed by atoms with Gasteiger partial charge in [-0.1, -0.05) is 11.6 Å². The molecule has 1 aromatic heterocycles. The molecule has 88 valence electrons. The molecule has 1 rings (SSSR count). The zero-order chi connectivity index (χ0) is 12.0. The number of amides is 1. The summed E-state index contributed by atoms with van der Waals surface area (Å²) in [6, 6.07) is 0. The molecule has 0 saturated heterocycles. The summed E-state index contributed by atoms with van der Waals surface area (Å²) in [7, 11) is 0. The van der Waals surface area contributed by atoms with Crippen LogP contribution in [-0.4, -0.2) is 29.0 Å². The highest BCUT2D eigenvalue weighted by Crippen LogP contribution is 2.17. The van der Waals surface area contributed by atoms with E-state index in [1.54, 1.807) is 0 Å². The van der Waals surface area contributed by atoms with Crippen LogP contribution in [0, 0.1) is 0 Å². The summed E-state index contributed by atoms with van der Waals surface area (Å²) < 4.78 is 0. The summed E-state index contributed by atoms with van der Waals surface area (Å²) >= 11 is 5.83. The molecule has 4 N–H and O–H groups in total. The molecule has 0 spiro atoms. The fraction of sp³-hybridized carbons (Fsp3) is 0.444. The average molecular weight is 244 g/mol.